The van der Waals surface area contributed by atoms with Gasteiger partial charge in [-0.3, -0.25) is 9.48 Å². The molecule has 0 saturated heterocycles. The van der Waals surface area contributed by atoms with Crippen LogP contribution in [0.5, 0.6) is 0 Å². The molecular weight excluding hydrogens is 252 g/mol. The zero-order valence-electron chi connectivity index (χ0n) is 9.64. The molecule has 1 heterocycles. The molecule has 0 fully saturated rings. The smallest absolute Gasteiger partial charge is 0.251 e. The van der Waals surface area contributed by atoms with Crippen molar-refractivity contribution < 1.29 is 4.79 Å². The largest absolute Gasteiger partial charge is 0.366 e. The Hall–Kier alpha value is -1.85. The predicted molar refractivity (Wildman–Crippen MR) is 69.2 cm³/mol. The topological polar surface area (TPSA) is 86.9 Å². The maximum Gasteiger partial charge on any atom is 0.251 e. The third-order valence-corrected chi connectivity index (χ3v) is 2.96. The van der Waals surface area contributed by atoms with Crippen LogP contribution < -0.4 is 11.5 Å². The van der Waals surface area contributed by atoms with Gasteiger partial charge >= 0.3 is 0 Å². The van der Waals surface area contributed by atoms with E-state index in [9.17, 15) is 4.79 Å². The van der Waals surface area contributed by atoms with Gasteiger partial charge in [-0.05, 0) is 17.2 Å². The summed E-state index contributed by atoms with van der Waals surface area (Å²) in [6, 6.07) is 5.64. The summed E-state index contributed by atoms with van der Waals surface area (Å²) in [6.45, 7) is 0.935. The first-order valence-electron chi connectivity index (χ1n) is 5.40. The Morgan fingerprint density at radius 3 is 2.78 bits per heavy atom. The highest BCUT2D eigenvalue weighted by molar-refractivity contribution is 6.31. The molecule has 4 N–H and O–H groups in total. The van der Waals surface area contributed by atoms with E-state index in [1.165, 1.54) is 6.20 Å². The fraction of sp³-hybridized carbons (Fsp3) is 0.167. The highest BCUT2D eigenvalue weighted by atomic mass is 35.5. The molecule has 0 aliphatic carbocycles. The first-order chi connectivity index (χ1) is 8.60. The summed E-state index contributed by atoms with van der Waals surface area (Å²) in [6.07, 6.45) is 3.03. The van der Waals surface area contributed by atoms with E-state index in [-0.39, 0.29) is 0 Å². The second kappa shape index (κ2) is 5.20. The van der Waals surface area contributed by atoms with Crippen molar-refractivity contribution >= 4 is 17.5 Å². The summed E-state index contributed by atoms with van der Waals surface area (Å²) in [5.41, 5.74) is 13.0. The first-order valence-corrected chi connectivity index (χ1v) is 5.77. The van der Waals surface area contributed by atoms with Crippen molar-refractivity contribution in [2.24, 2.45) is 11.5 Å². The Morgan fingerprint density at radius 2 is 2.22 bits per heavy atom. The van der Waals surface area contributed by atoms with Gasteiger partial charge in [0.15, 0.2) is 0 Å². The Bertz CT molecular complexity index is 579. The van der Waals surface area contributed by atoms with Gasteiger partial charge < -0.3 is 11.5 Å². The van der Waals surface area contributed by atoms with Crippen molar-refractivity contribution in [2.45, 2.75) is 13.1 Å². The van der Waals surface area contributed by atoms with Crippen LogP contribution in [0, 0.1) is 0 Å². The highest BCUT2D eigenvalue weighted by Gasteiger charge is 2.06. The van der Waals surface area contributed by atoms with Crippen molar-refractivity contribution in [1.29, 1.82) is 0 Å². The van der Waals surface area contributed by atoms with Gasteiger partial charge in [-0.2, -0.15) is 5.10 Å². The summed E-state index contributed by atoms with van der Waals surface area (Å²) < 4.78 is 1.61. The number of halogens is 1. The minimum absolute atomic E-state index is 0.379. The number of amides is 1. The van der Waals surface area contributed by atoms with Crippen LogP contribution in [0.4, 0.5) is 0 Å². The molecule has 1 aromatic carbocycles. The number of carbonyl (C=O) groups excluding carboxylic acids is 1. The molecule has 18 heavy (non-hydrogen) atoms. The number of aromatic nitrogens is 2. The molecule has 0 aliphatic rings. The number of primary amides is 1. The van der Waals surface area contributed by atoms with Gasteiger partial charge in [-0.1, -0.05) is 23.7 Å². The summed E-state index contributed by atoms with van der Waals surface area (Å²) in [4.78, 5) is 10.9. The fourth-order valence-corrected chi connectivity index (χ4v) is 1.86. The van der Waals surface area contributed by atoms with Gasteiger partial charge in [0.1, 0.15) is 0 Å². The summed E-state index contributed by atoms with van der Waals surface area (Å²) >= 11 is 6.14. The number of nitrogens with two attached hydrogens (primary N) is 2. The number of carbonyl (C=O) groups is 1. The lowest BCUT2D eigenvalue weighted by molar-refractivity contribution is 0.1000. The highest BCUT2D eigenvalue weighted by Crippen LogP contribution is 2.18. The number of nitrogens with zero attached hydrogens (tertiary/aromatic N) is 2. The Labute approximate surface area is 109 Å². The predicted octanol–water partition coefficient (Wildman–Crippen LogP) is 1.14. The summed E-state index contributed by atoms with van der Waals surface area (Å²) in [5.74, 6) is -0.495. The maximum atomic E-state index is 10.9. The molecule has 94 valence electrons. The van der Waals surface area contributed by atoms with E-state index in [0.29, 0.717) is 23.7 Å². The molecule has 1 amide bonds. The van der Waals surface area contributed by atoms with Crippen LogP contribution in [-0.4, -0.2) is 15.7 Å². The van der Waals surface area contributed by atoms with Crippen molar-refractivity contribution in [1.82, 2.24) is 9.78 Å². The minimum Gasteiger partial charge on any atom is -0.366 e. The molecule has 0 bridgehead atoms. The molecule has 0 atom stereocenters. The van der Waals surface area contributed by atoms with E-state index in [1.807, 2.05) is 18.2 Å². The van der Waals surface area contributed by atoms with Crippen LogP contribution in [0.25, 0.3) is 0 Å². The van der Waals surface area contributed by atoms with Crippen molar-refractivity contribution in [3.05, 3.63) is 52.3 Å². The molecule has 2 aromatic rings. The SMILES string of the molecule is NCc1ccc(Cn2cc(C(N)=O)cn2)c(Cl)c1. The van der Waals surface area contributed by atoms with E-state index in [1.54, 1.807) is 10.9 Å². The second-order valence-electron chi connectivity index (χ2n) is 3.92. The van der Waals surface area contributed by atoms with Crippen LogP contribution in [0.1, 0.15) is 21.5 Å². The molecule has 0 aliphatic heterocycles. The third-order valence-electron chi connectivity index (χ3n) is 2.60. The van der Waals surface area contributed by atoms with E-state index in [2.05, 4.69) is 5.10 Å². The lowest BCUT2D eigenvalue weighted by Gasteiger charge is -2.06. The number of benzene rings is 1. The summed E-state index contributed by atoms with van der Waals surface area (Å²) in [7, 11) is 0. The van der Waals surface area contributed by atoms with Crippen molar-refractivity contribution in [3.63, 3.8) is 0 Å². The molecule has 5 nitrogen and oxygen atoms in total. The zero-order chi connectivity index (χ0) is 13.1. The average molecular weight is 265 g/mol. The van der Waals surface area contributed by atoms with Crippen LogP contribution in [0.15, 0.2) is 30.6 Å². The molecule has 1 aromatic heterocycles. The average Bonchev–Trinajstić information content (AvgIpc) is 2.80. The Kier molecular flexibility index (Phi) is 3.64. The van der Waals surface area contributed by atoms with Crippen molar-refractivity contribution in [3.8, 4) is 0 Å². The molecule has 0 unspecified atom stereocenters. The summed E-state index contributed by atoms with van der Waals surface area (Å²) in [5, 5.41) is 4.68. The van der Waals surface area contributed by atoms with Crippen LogP contribution in [0.2, 0.25) is 5.02 Å². The first kappa shape index (κ1) is 12.6. The van der Waals surface area contributed by atoms with Crippen LogP contribution in [-0.2, 0) is 13.1 Å². The van der Waals surface area contributed by atoms with Gasteiger partial charge in [0, 0.05) is 17.8 Å². The second-order valence-corrected chi connectivity index (χ2v) is 4.33. The molecule has 6 heteroatoms. The monoisotopic (exact) mass is 264 g/mol. The molecular formula is C12H13ClN4O. The third kappa shape index (κ3) is 2.69. The molecule has 0 spiro atoms. The standard InChI is InChI=1S/C12H13ClN4O/c13-11-3-8(4-14)1-2-9(11)6-17-7-10(5-16-17)12(15)18/h1-3,5,7H,4,6,14H2,(H2,15,18). The zero-order valence-corrected chi connectivity index (χ0v) is 10.4. The van der Waals surface area contributed by atoms with Gasteiger partial charge in [-0.25, -0.2) is 0 Å². The van der Waals surface area contributed by atoms with Crippen LogP contribution >= 0.6 is 11.6 Å². The van der Waals surface area contributed by atoms with Crippen LogP contribution in [0.3, 0.4) is 0 Å². The molecule has 0 saturated carbocycles. The maximum absolute atomic E-state index is 10.9. The molecule has 0 radical (unpaired) electrons. The van der Waals surface area contributed by atoms with Crippen molar-refractivity contribution in [2.75, 3.05) is 0 Å². The fourth-order valence-electron chi connectivity index (χ4n) is 1.60. The lowest BCUT2D eigenvalue weighted by atomic mass is 10.1. The van der Waals surface area contributed by atoms with E-state index < -0.39 is 5.91 Å². The molecule has 2 rings (SSSR count). The number of hydrogen-bond donors (Lipinski definition) is 2. The quantitative estimate of drug-likeness (QED) is 0.868. The van der Waals surface area contributed by atoms with E-state index in [0.717, 1.165) is 11.1 Å². The van der Waals surface area contributed by atoms with Gasteiger partial charge in [0.2, 0.25) is 0 Å². The number of hydrogen-bond acceptors (Lipinski definition) is 3. The normalized spacial score (nSPS) is 10.6. The van der Waals surface area contributed by atoms with E-state index in [4.69, 9.17) is 23.1 Å². The van der Waals surface area contributed by atoms with Gasteiger partial charge in [0.05, 0.1) is 18.3 Å². The minimum atomic E-state index is -0.495. The number of rotatable bonds is 4. The van der Waals surface area contributed by atoms with E-state index >= 15 is 0 Å². The van der Waals surface area contributed by atoms with Gasteiger partial charge in [-0.15, -0.1) is 0 Å². The lowest BCUT2D eigenvalue weighted by Crippen LogP contribution is -2.09. The Morgan fingerprint density at radius 1 is 1.44 bits per heavy atom. The van der Waals surface area contributed by atoms with Gasteiger partial charge in [0.25, 0.3) is 5.91 Å². The Balaban J connectivity index is 2.20.